The molecule has 0 unspecified atom stereocenters. The monoisotopic (exact) mass is 907 g/mol. The minimum absolute atomic E-state index is 0. The van der Waals surface area contributed by atoms with Crippen LogP contribution >= 0.6 is 11.6 Å². The molecule has 0 saturated carbocycles. The van der Waals surface area contributed by atoms with E-state index in [-0.39, 0.29) is 88.1 Å². The second-order valence-electron chi connectivity index (χ2n) is 7.70. The van der Waals surface area contributed by atoms with Crippen molar-refractivity contribution in [3.8, 4) is 0 Å². The molecule has 2 N–H and O–H groups in total. The summed E-state index contributed by atoms with van der Waals surface area (Å²) in [6.45, 7) is 5.21. The van der Waals surface area contributed by atoms with Crippen molar-refractivity contribution < 1.29 is 92.5 Å². The van der Waals surface area contributed by atoms with E-state index in [0.29, 0.717) is 19.0 Å². The quantitative estimate of drug-likeness (QED) is 0.223. The van der Waals surface area contributed by atoms with Gasteiger partial charge in [0.1, 0.15) is 5.82 Å². The van der Waals surface area contributed by atoms with Crippen LogP contribution in [0, 0.1) is 94.1 Å². The minimum Gasteiger partial charge on any atom is -0.674 e. The van der Waals surface area contributed by atoms with Crippen LogP contribution in [0.25, 0.3) is 11.5 Å². The number of alkyl halides is 1. The first kappa shape index (κ1) is 32.4. The van der Waals surface area contributed by atoms with Gasteiger partial charge in [0.25, 0.3) is 0 Å². The first-order valence-electron chi connectivity index (χ1n) is 10.7. The third-order valence-electron chi connectivity index (χ3n) is 5.41. The molecule has 2 aromatic carbocycles. The molecule has 34 heavy (non-hydrogen) atoms. The molecule has 176 valence electrons. The summed E-state index contributed by atoms with van der Waals surface area (Å²) in [7, 11) is 0. The third kappa shape index (κ3) is 10.8. The number of benzene rings is 2. The average Bonchev–Trinajstić information content (AvgIpc) is 2.85. The van der Waals surface area contributed by atoms with Crippen LogP contribution in [-0.4, -0.2) is 36.1 Å². The summed E-state index contributed by atoms with van der Waals surface area (Å²) in [6, 6.07) is 21.0. The Kier molecular flexibility index (Phi) is 16.9. The van der Waals surface area contributed by atoms with Gasteiger partial charge in [-0.25, -0.2) is 4.98 Å². The summed E-state index contributed by atoms with van der Waals surface area (Å²) < 4.78 is 13.2. The molecule has 0 bridgehead atoms. The van der Waals surface area contributed by atoms with E-state index in [1.165, 1.54) is 11.6 Å². The maximum absolute atomic E-state index is 13.2. The minimum atomic E-state index is -0.422. The van der Waals surface area contributed by atoms with E-state index in [1.54, 1.807) is 6.07 Å². The number of pyridine rings is 1. The van der Waals surface area contributed by atoms with Crippen molar-refractivity contribution in [2.45, 2.75) is 25.5 Å². The SMILES string of the molecule is [Ac].[Ac].[NH-]Cc1ccc(CCl)cc1.[NH-]Cc1ccc(CN2CCN(c3cccc(F)n3)CC2)cc1. The molecule has 4 rings (SSSR count). The van der Waals surface area contributed by atoms with Gasteiger partial charge in [-0.1, -0.05) is 65.7 Å². The van der Waals surface area contributed by atoms with Crippen LogP contribution in [0.2, 0.25) is 0 Å². The average molecular weight is 908 g/mol. The van der Waals surface area contributed by atoms with E-state index in [4.69, 9.17) is 23.1 Å². The summed E-state index contributed by atoms with van der Waals surface area (Å²) in [5.41, 5.74) is 18.8. The molecule has 0 spiro atoms. The Morgan fingerprint density at radius 2 is 1.24 bits per heavy atom. The molecular weight excluding hydrogens is 879 g/mol. The van der Waals surface area contributed by atoms with Crippen LogP contribution in [0.1, 0.15) is 22.3 Å². The Morgan fingerprint density at radius 3 is 1.71 bits per heavy atom. The summed E-state index contributed by atoms with van der Waals surface area (Å²) in [5, 5.41) is 0. The third-order valence-corrected chi connectivity index (χ3v) is 5.72. The van der Waals surface area contributed by atoms with Crippen LogP contribution in [0.5, 0.6) is 0 Å². The largest absolute Gasteiger partial charge is 0.674 e. The molecule has 2 radical (unpaired) electrons. The molecule has 1 aliphatic heterocycles. The van der Waals surface area contributed by atoms with Crippen molar-refractivity contribution in [3.05, 3.63) is 106 Å². The summed E-state index contributed by atoms with van der Waals surface area (Å²) >= 11 is 5.58. The molecule has 1 aliphatic rings. The van der Waals surface area contributed by atoms with Crippen LogP contribution in [0.4, 0.5) is 10.2 Å². The number of hydrogen-bond acceptors (Lipinski definition) is 3. The van der Waals surface area contributed by atoms with Crippen LogP contribution in [0.15, 0.2) is 66.7 Å². The van der Waals surface area contributed by atoms with Crippen LogP contribution in [0.3, 0.4) is 0 Å². The molecule has 1 saturated heterocycles. The Balaban J connectivity index is 0.000000411. The summed E-state index contributed by atoms with van der Waals surface area (Å²) in [6.07, 6.45) is 0. The molecule has 0 amide bonds. The van der Waals surface area contributed by atoms with E-state index in [1.807, 2.05) is 42.5 Å². The molecule has 1 aromatic heterocycles. The van der Waals surface area contributed by atoms with Gasteiger partial charge in [0, 0.05) is 127 Å². The zero-order chi connectivity index (χ0) is 22.8. The Morgan fingerprint density at radius 1 is 0.735 bits per heavy atom. The van der Waals surface area contributed by atoms with Crippen molar-refractivity contribution in [2.75, 3.05) is 31.1 Å². The number of halogens is 2. The number of nitrogens with zero attached hydrogens (tertiary/aromatic N) is 3. The van der Waals surface area contributed by atoms with Gasteiger partial charge in [-0.05, 0) is 23.3 Å². The standard InChI is InChI=1S/C17H20FN4.C8H9ClN.2Ac/c18-16-2-1-3-17(20-16)22-10-8-21(9-11-22)13-15-6-4-14(12-19)5-7-15;9-5-7-1-3-8(6-10)4-2-7;;/h1-7,19H,8-13H2;1-4,10H,5-6H2;;/q2*-1;;. The fraction of sp³-hybridized carbons (Fsp3) is 0.320. The second kappa shape index (κ2) is 17.8. The van der Waals surface area contributed by atoms with E-state index >= 15 is 0 Å². The number of nitrogens with one attached hydrogen (secondary N) is 2. The van der Waals surface area contributed by atoms with Gasteiger partial charge in [-0.3, -0.25) is 4.90 Å². The predicted molar refractivity (Wildman–Crippen MR) is 130 cm³/mol. The number of piperazine rings is 1. The Bertz CT molecular complexity index is 929. The molecule has 5 nitrogen and oxygen atoms in total. The van der Waals surface area contributed by atoms with Gasteiger partial charge >= 0.3 is 0 Å². The summed E-state index contributed by atoms with van der Waals surface area (Å²) in [4.78, 5) is 8.47. The maximum Gasteiger partial charge on any atom is 0.214 e. The Labute approximate surface area is 278 Å². The molecular formula is C25H29Ac2ClFN5-2. The van der Waals surface area contributed by atoms with Crippen molar-refractivity contribution in [1.82, 2.24) is 9.88 Å². The van der Waals surface area contributed by atoms with Crippen LogP contribution < -0.4 is 4.90 Å². The van der Waals surface area contributed by atoms with Gasteiger partial charge in [0.15, 0.2) is 0 Å². The molecule has 0 aliphatic carbocycles. The molecule has 1 fully saturated rings. The van der Waals surface area contributed by atoms with Crippen molar-refractivity contribution in [2.24, 2.45) is 0 Å². The molecule has 9 heteroatoms. The molecule has 0 atom stereocenters. The van der Waals surface area contributed by atoms with Gasteiger partial charge in [0.05, 0.1) is 0 Å². The van der Waals surface area contributed by atoms with E-state index in [0.717, 1.165) is 55.2 Å². The molecule has 2 heterocycles. The van der Waals surface area contributed by atoms with Crippen molar-refractivity contribution >= 4 is 17.4 Å². The maximum atomic E-state index is 13.2. The van der Waals surface area contributed by atoms with E-state index in [2.05, 4.69) is 26.9 Å². The first-order valence-corrected chi connectivity index (χ1v) is 11.3. The Hall–Kier alpha value is 0.373. The van der Waals surface area contributed by atoms with E-state index in [9.17, 15) is 4.39 Å². The summed E-state index contributed by atoms with van der Waals surface area (Å²) in [5.74, 6) is 0.854. The van der Waals surface area contributed by atoms with Crippen LogP contribution in [-0.2, 0) is 25.5 Å². The van der Waals surface area contributed by atoms with E-state index < -0.39 is 5.95 Å². The normalized spacial score (nSPS) is 13.2. The fourth-order valence-corrected chi connectivity index (χ4v) is 3.65. The number of hydrogen-bond donors (Lipinski definition) is 0. The predicted octanol–water partition coefficient (Wildman–Crippen LogP) is 6.07. The number of rotatable bonds is 6. The smallest absolute Gasteiger partial charge is 0.214 e. The fourth-order valence-electron chi connectivity index (χ4n) is 3.48. The van der Waals surface area contributed by atoms with Crippen molar-refractivity contribution in [3.63, 3.8) is 0 Å². The zero-order valence-electron chi connectivity index (χ0n) is 19.3. The van der Waals surface area contributed by atoms with Gasteiger partial charge in [0.2, 0.25) is 5.95 Å². The van der Waals surface area contributed by atoms with Gasteiger partial charge in [-0.2, -0.15) is 4.39 Å². The van der Waals surface area contributed by atoms with Gasteiger partial charge in [-0.15, -0.1) is 24.7 Å². The molecule has 3 aromatic rings. The van der Waals surface area contributed by atoms with Crippen molar-refractivity contribution in [1.29, 1.82) is 0 Å². The number of anilines is 1. The second-order valence-corrected chi connectivity index (χ2v) is 7.97. The zero-order valence-corrected chi connectivity index (χ0v) is 29.5. The number of aromatic nitrogens is 1. The topological polar surface area (TPSA) is 67.0 Å². The van der Waals surface area contributed by atoms with Gasteiger partial charge < -0.3 is 16.4 Å². The first-order chi connectivity index (χ1) is 15.6.